The fraction of sp³-hybridized carbons (Fsp3) is 0.500. The van der Waals surface area contributed by atoms with Crippen molar-refractivity contribution in [3.63, 3.8) is 0 Å². The molecule has 7 heteroatoms. The number of morpholine rings is 1. The lowest BCUT2D eigenvalue weighted by Crippen LogP contribution is -2.41. The van der Waals surface area contributed by atoms with Gasteiger partial charge in [0.05, 0.1) is 19.3 Å². The van der Waals surface area contributed by atoms with Crippen LogP contribution in [0.5, 0.6) is 0 Å². The van der Waals surface area contributed by atoms with Gasteiger partial charge in [-0.2, -0.15) is 4.98 Å². The second kappa shape index (κ2) is 7.72. The molecule has 0 radical (unpaired) electrons. The Morgan fingerprint density at radius 2 is 2.17 bits per heavy atom. The fourth-order valence-corrected chi connectivity index (χ4v) is 3.50. The smallest absolute Gasteiger partial charge is 0.226 e. The molecule has 0 spiro atoms. The summed E-state index contributed by atoms with van der Waals surface area (Å²) in [6.45, 7) is 4.37. The summed E-state index contributed by atoms with van der Waals surface area (Å²) < 4.78 is 5.49. The van der Waals surface area contributed by atoms with Crippen molar-refractivity contribution in [3.05, 3.63) is 34.7 Å². The van der Waals surface area contributed by atoms with Crippen molar-refractivity contribution in [2.75, 3.05) is 57.2 Å². The molecule has 0 amide bonds. The van der Waals surface area contributed by atoms with Crippen molar-refractivity contribution in [1.82, 2.24) is 14.9 Å². The number of anilines is 2. The molecular formula is C16H23N5OS. The van der Waals surface area contributed by atoms with Gasteiger partial charge in [0.1, 0.15) is 5.82 Å². The lowest BCUT2D eigenvalue weighted by molar-refractivity contribution is 0.0194. The van der Waals surface area contributed by atoms with E-state index < -0.39 is 0 Å². The van der Waals surface area contributed by atoms with Crippen LogP contribution in [0.4, 0.5) is 11.8 Å². The molecule has 0 unspecified atom stereocenters. The summed E-state index contributed by atoms with van der Waals surface area (Å²) in [5.41, 5.74) is 0. The Bertz CT molecular complexity index is 598. The molecule has 0 saturated carbocycles. The number of nitrogens with one attached hydrogen (secondary N) is 1. The maximum Gasteiger partial charge on any atom is 0.226 e. The molecule has 3 heterocycles. The van der Waals surface area contributed by atoms with Crippen molar-refractivity contribution in [1.29, 1.82) is 0 Å². The highest BCUT2D eigenvalue weighted by Gasteiger charge is 2.23. The quantitative estimate of drug-likeness (QED) is 0.874. The minimum Gasteiger partial charge on any atom is -0.379 e. The van der Waals surface area contributed by atoms with Gasteiger partial charge in [0.2, 0.25) is 5.95 Å². The summed E-state index contributed by atoms with van der Waals surface area (Å²) in [7, 11) is 3.89. The van der Waals surface area contributed by atoms with Crippen LogP contribution in [0.3, 0.4) is 0 Å². The molecule has 2 aromatic heterocycles. The maximum atomic E-state index is 5.49. The molecule has 0 aliphatic carbocycles. The van der Waals surface area contributed by atoms with Crippen molar-refractivity contribution in [2.45, 2.75) is 6.04 Å². The van der Waals surface area contributed by atoms with E-state index in [2.05, 4.69) is 37.7 Å². The molecule has 1 aliphatic rings. The number of hydrogen-bond acceptors (Lipinski definition) is 7. The van der Waals surface area contributed by atoms with E-state index >= 15 is 0 Å². The molecule has 124 valence electrons. The lowest BCUT2D eigenvalue weighted by Gasteiger charge is -2.34. The van der Waals surface area contributed by atoms with Crippen molar-refractivity contribution < 1.29 is 4.74 Å². The zero-order valence-electron chi connectivity index (χ0n) is 13.6. The van der Waals surface area contributed by atoms with E-state index in [1.807, 2.05) is 25.1 Å². The van der Waals surface area contributed by atoms with Gasteiger partial charge >= 0.3 is 0 Å². The normalized spacial score (nSPS) is 17.0. The van der Waals surface area contributed by atoms with Gasteiger partial charge in [0.15, 0.2) is 0 Å². The Morgan fingerprint density at radius 3 is 2.87 bits per heavy atom. The Kier molecular flexibility index (Phi) is 5.43. The molecular weight excluding hydrogens is 310 g/mol. The molecule has 1 aliphatic heterocycles. The van der Waals surface area contributed by atoms with Gasteiger partial charge in [0, 0.05) is 44.8 Å². The first kappa shape index (κ1) is 16.2. The van der Waals surface area contributed by atoms with Crippen LogP contribution in [0.15, 0.2) is 29.8 Å². The Labute approximate surface area is 141 Å². The van der Waals surface area contributed by atoms with Crippen molar-refractivity contribution in [3.8, 4) is 0 Å². The van der Waals surface area contributed by atoms with Crippen LogP contribution < -0.4 is 10.2 Å². The summed E-state index contributed by atoms with van der Waals surface area (Å²) in [5.74, 6) is 1.58. The molecule has 0 aromatic carbocycles. The number of aromatic nitrogens is 2. The SMILES string of the molecule is CN(C)c1nccc(NC[C@H](c2cccs2)N2CCOCC2)n1. The Hall–Kier alpha value is -1.70. The van der Waals surface area contributed by atoms with Gasteiger partial charge in [-0.3, -0.25) is 4.90 Å². The first-order valence-electron chi connectivity index (χ1n) is 7.83. The summed E-state index contributed by atoms with van der Waals surface area (Å²) in [6.07, 6.45) is 1.79. The maximum absolute atomic E-state index is 5.49. The minimum atomic E-state index is 0.344. The van der Waals surface area contributed by atoms with Crippen LogP contribution in [-0.2, 0) is 4.74 Å². The number of rotatable bonds is 6. The standard InChI is InChI=1S/C16H23N5OS/c1-20(2)16-17-6-5-15(19-16)18-12-13(14-4-3-11-23-14)21-7-9-22-10-8-21/h3-6,11,13H,7-10,12H2,1-2H3,(H,17,18,19)/t13-/m1/s1. The third-order valence-corrected chi connectivity index (χ3v) is 4.85. The summed E-state index contributed by atoms with van der Waals surface area (Å²) in [6, 6.07) is 6.58. The first-order chi connectivity index (χ1) is 11.2. The average molecular weight is 333 g/mol. The fourth-order valence-electron chi connectivity index (χ4n) is 2.64. The molecule has 3 rings (SSSR count). The van der Waals surface area contributed by atoms with E-state index in [0.717, 1.165) is 38.7 Å². The molecule has 1 fully saturated rings. The highest BCUT2D eigenvalue weighted by Crippen LogP contribution is 2.26. The second-order valence-electron chi connectivity index (χ2n) is 5.70. The molecule has 1 atom stereocenters. The van der Waals surface area contributed by atoms with Crippen LogP contribution >= 0.6 is 11.3 Å². The number of thiophene rings is 1. The molecule has 1 saturated heterocycles. The predicted octanol–water partition coefficient (Wildman–Crippen LogP) is 2.09. The minimum absolute atomic E-state index is 0.344. The van der Waals surface area contributed by atoms with E-state index in [1.54, 1.807) is 17.5 Å². The Morgan fingerprint density at radius 1 is 1.35 bits per heavy atom. The summed E-state index contributed by atoms with van der Waals surface area (Å²) in [5, 5.41) is 5.61. The van der Waals surface area contributed by atoms with Crippen LogP contribution in [0.25, 0.3) is 0 Å². The molecule has 6 nitrogen and oxygen atoms in total. The topological polar surface area (TPSA) is 53.5 Å². The lowest BCUT2D eigenvalue weighted by atomic mass is 10.2. The molecule has 1 N–H and O–H groups in total. The van der Waals surface area contributed by atoms with Gasteiger partial charge < -0.3 is 15.0 Å². The van der Waals surface area contributed by atoms with E-state index in [-0.39, 0.29) is 0 Å². The van der Waals surface area contributed by atoms with Crippen LogP contribution in [-0.4, -0.2) is 61.8 Å². The first-order valence-corrected chi connectivity index (χ1v) is 8.71. The van der Waals surface area contributed by atoms with E-state index in [1.165, 1.54) is 4.88 Å². The second-order valence-corrected chi connectivity index (χ2v) is 6.68. The number of hydrogen-bond donors (Lipinski definition) is 1. The van der Waals surface area contributed by atoms with Gasteiger partial charge in [-0.15, -0.1) is 11.3 Å². The zero-order chi connectivity index (χ0) is 16.1. The summed E-state index contributed by atoms with van der Waals surface area (Å²) >= 11 is 1.80. The number of ether oxygens (including phenoxy) is 1. The number of nitrogens with zero attached hydrogens (tertiary/aromatic N) is 4. The van der Waals surface area contributed by atoms with Crippen LogP contribution in [0, 0.1) is 0 Å². The average Bonchev–Trinajstić information content (AvgIpc) is 3.11. The van der Waals surface area contributed by atoms with Crippen molar-refractivity contribution >= 4 is 23.1 Å². The van der Waals surface area contributed by atoms with Gasteiger partial charge in [0.25, 0.3) is 0 Å². The highest BCUT2D eigenvalue weighted by molar-refractivity contribution is 7.10. The largest absolute Gasteiger partial charge is 0.379 e. The van der Waals surface area contributed by atoms with E-state index in [9.17, 15) is 0 Å². The van der Waals surface area contributed by atoms with Crippen LogP contribution in [0.1, 0.15) is 10.9 Å². The Balaban J connectivity index is 1.70. The van der Waals surface area contributed by atoms with E-state index in [0.29, 0.717) is 12.0 Å². The molecule has 0 bridgehead atoms. The van der Waals surface area contributed by atoms with Crippen LogP contribution in [0.2, 0.25) is 0 Å². The summed E-state index contributed by atoms with van der Waals surface area (Å²) in [4.78, 5) is 14.6. The predicted molar refractivity (Wildman–Crippen MR) is 94.3 cm³/mol. The zero-order valence-corrected chi connectivity index (χ0v) is 14.4. The molecule has 2 aromatic rings. The molecule has 23 heavy (non-hydrogen) atoms. The third kappa shape index (κ3) is 4.19. The highest BCUT2D eigenvalue weighted by atomic mass is 32.1. The third-order valence-electron chi connectivity index (χ3n) is 3.88. The van der Waals surface area contributed by atoms with E-state index in [4.69, 9.17) is 4.74 Å². The monoisotopic (exact) mass is 333 g/mol. The van der Waals surface area contributed by atoms with Gasteiger partial charge in [-0.1, -0.05) is 6.07 Å². The van der Waals surface area contributed by atoms with Crippen molar-refractivity contribution in [2.24, 2.45) is 0 Å². The van der Waals surface area contributed by atoms with Gasteiger partial charge in [-0.05, 0) is 17.5 Å². The van der Waals surface area contributed by atoms with Gasteiger partial charge in [-0.25, -0.2) is 4.98 Å².